The molecule has 0 fully saturated rings. The van der Waals surface area contributed by atoms with Gasteiger partial charge in [0.25, 0.3) is 5.91 Å². The summed E-state index contributed by atoms with van der Waals surface area (Å²) in [5.41, 5.74) is 1.54. The van der Waals surface area contributed by atoms with E-state index in [4.69, 9.17) is 0 Å². The Morgan fingerprint density at radius 3 is 2.95 bits per heavy atom. The number of nitrogens with zero attached hydrogens (tertiary/aromatic N) is 4. The Bertz CT molecular complexity index is 702. The van der Waals surface area contributed by atoms with Gasteiger partial charge in [-0.05, 0) is 19.1 Å². The highest BCUT2D eigenvalue weighted by Gasteiger charge is 2.07. The molecule has 0 aliphatic heterocycles. The number of fused-ring (bicyclic) bond motifs is 1. The Balaban J connectivity index is 1.57. The molecule has 20 heavy (non-hydrogen) atoms. The predicted octanol–water partition coefficient (Wildman–Crippen LogP) is 1.47. The summed E-state index contributed by atoms with van der Waals surface area (Å²) in [7, 11) is 0. The van der Waals surface area contributed by atoms with Gasteiger partial charge >= 0.3 is 0 Å². The minimum atomic E-state index is -0.0950. The van der Waals surface area contributed by atoms with Gasteiger partial charge < -0.3 is 5.32 Å². The second-order valence-corrected chi connectivity index (χ2v) is 5.48. The van der Waals surface area contributed by atoms with Crippen molar-refractivity contribution in [3.05, 3.63) is 47.0 Å². The first-order chi connectivity index (χ1) is 9.72. The van der Waals surface area contributed by atoms with Gasteiger partial charge in [-0.15, -0.1) is 0 Å². The van der Waals surface area contributed by atoms with Gasteiger partial charge in [0.2, 0.25) is 4.96 Å². The molecule has 0 bridgehead atoms. The van der Waals surface area contributed by atoms with Crippen LogP contribution in [-0.2, 0) is 6.42 Å². The van der Waals surface area contributed by atoms with Crippen molar-refractivity contribution in [3.63, 3.8) is 0 Å². The van der Waals surface area contributed by atoms with E-state index < -0.39 is 0 Å². The molecule has 3 rings (SSSR count). The first-order valence-electron chi connectivity index (χ1n) is 6.22. The number of carbonyl (C=O) groups is 1. The Labute approximate surface area is 119 Å². The fourth-order valence-electron chi connectivity index (χ4n) is 1.87. The van der Waals surface area contributed by atoms with Crippen LogP contribution in [0, 0.1) is 6.92 Å². The number of aromatic nitrogens is 4. The van der Waals surface area contributed by atoms with E-state index in [1.807, 2.05) is 13.1 Å². The number of hydrogen-bond donors (Lipinski definition) is 1. The summed E-state index contributed by atoms with van der Waals surface area (Å²) in [6, 6.07) is 3.38. The first-order valence-corrected chi connectivity index (χ1v) is 7.04. The van der Waals surface area contributed by atoms with Crippen LogP contribution in [0.4, 0.5) is 0 Å². The SMILES string of the molecule is Cc1nn2cc(CCNC(=O)c3ccncc3)nc2s1. The van der Waals surface area contributed by atoms with Crippen LogP contribution in [0.1, 0.15) is 21.1 Å². The van der Waals surface area contributed by atoms with Crippen molar-refractivity contribution in [2.75, 3.05) is 6.54 Å². The minimum Gasteiger partial charge on any atom is -0.352 e. The summed E-state index contributed by atoms with van der Waals surface area (Å²) in [5.74, 6) is -0.0950. The van der Waals surface area contributed by atoms with Crippen molar-refractivity contribution in [1.29, 1.82) is 0 Å². The molecule has 3 aromatic rings. The Morgan fingerprint density at radius 1 is 1.40 bits per heavy atom. The molecule has 3 aromatic heterocycles. The number of aryl methyl sites for hydroxylation is 1. The summed E-state index contributed by atoms with van der Waals surface area (Å²) < 4.78 is 1.78. The van der Waals surface area contributed by atoms with Crippen molar-refractivity contribution in [3.8, 4) is 0 Å². The lowest BCUT2D eigenvalue weighted by Crippen LogP contribution is -2.25. The third-order valence-corrected chi connectivity index (χ3v) is 3.64. The van der Waals surface area contributed by atoms with E-state index in [1.165, 1.54) is 0 Å². The Hall–Kier alpha value is -2.28. The molecule has 0 atom stereocenters. The molecule has 1 amide bonds. The summed E-state index contributed by atoms with van der Waals surface area (Å²) in [5, 5.41) is 8.16. The van der Waals surface area contributed by atoms with Gasteiger partial charge in [0.05, 0.1) is 11.9 Å². The standard InChI is InChI=1S/C13H13N5OS/c1-9-17-18-8-11(16-13(18)20-9)4-7-15-12(19)10-2-5-14-6-3-10/h2-3,5-6,8H,4,7H2,1H3,(H,15,19). The highest BCUT2D eigenvalue weighted by molar-refractivity contribution is 7.16. The molecule has 0 radical (unpaired) electrons. The van der Waals surface area contributed by atoms with Crippen molar-refractivity contribution >= 4 is 22.2 Å². The van der Waals surface area contributed by atoms with E-state index in [0.717, 1.165) is 15.7 Å². The van der Waals surface area contributed by atoms with Crippen LogP contribution in [0.3, 0.4) is 0 Å². The average molecular weight is 287 g/mol. The van der Waals surface area contributed by atoms with Crippen LogP contribution >= 0.6 is 11.3 Å². The van der Waals surface area contributed by atoms with E-state index >= 15 is 0 Å². The number of carbonyl (C=O) groups excluding carboxylic acids is 1. The highest BCUT2D eigenvalue weighted by atomic mass is 32.1. The molecular formula is C13H13N5OS. The maximum absolute atomic E-state index is 11.8. The van der Waals surface area contributed by atoms with Crippen molar-refractivity contribution < 1.29 is 4.79 Å². The quantitative estimate of drug-likeness (QED) is 0.788. The lowest BCUT2D eigenvalue weighted by atomic mass is 10.2. The molecule has 0 unspecified atom stereocenters. The molecule has 0 saturated carbocycles. The van der Waals surface area contributed by atoms with E-state index in [2.05, 4.69) is 20.4 Å². The van der Waals surface area contributed by atoms with E-state index in [-0.39, 0.29) is 5.91 Å². The molecule has 7 heteroatoms. The molecule has 3 heterocycles. The van der Waals surface area contributed by atoms with Crippen LogP contribution in [0.5, 0.6) is 0 Å². The summed E-state index contributed by atoms with van der Waals surface area (Å²) in [6.45, 7) is 2.50. The number of rotatable bonds is 4. The smallest absolute Gasteiger partial charge is 0.251 e. The summed E-state index contributed by atoms with van der Waals surface area (Å²) >= 11 is 1.56. The number of hydrogen-bond acceptors (Lipinski definition) is 5. The topological polar surface area (TPSA) is 72.2 Å². The highest BCUT2D eigenvalue weighted by Crippen LogP contribution is 2.13. The molecule has 102 valence electrons. The fraction of sp³-hybridized carbons (Fsp3) is 0.231. The molecule has 0 saturated heterocycles. The second kappa shape index (κ2) is 5.38. The van der Waals surface area contributed by atoms with Crippen LogP contribution in [0.25, 0.3) is 4.96 Å². The maximum atomic E-state index is 11.8. The molecule has 1 N–H and O–H groups in total. The monoisotopic (exact) mass is 287 g/mol. The normalized spacial score (nSPS) is 10.8. The lowest BCUT2D eigenvalue weighted by Gasteiger charge is -2.03. The van der Waals surface area contributed by atoms with Gasteiger partial charge in [0.15, 0.2) is 0 Å². The van der Waals surface area contributed by atoms with Gasteiger partial charge in [-0.3, -0.25) is 9.78 Å². The fourth-order valence-corrected chi connectivity index (χ4v) is 2.62. The van der Waals surface area contributed by atoms with Gasteiger partial charge in [0, 0.05) is 30.9 Å². The third kappa shape index (κ3) is 2.67. The molecule has 6 nitrogen and oxygen atoms in total. The Kier molecular flexibility index (Phi) is 3.42. The molecule has 0 aliphatic rings. The van der Waals surface area contributed by atoms with E-state index in [9.17, 15) is 4.79 Å². The Morgan fingerprint density at radius 2 is 2.20 bits per heavy atom. The van der Waals surface area contributed by atoms with Crippen LogP contribution in [-0.4, -0.2) is 32.0 Å². The third-order valence-electron chi connectivity index (χ3n) is 2.80. The first kappa shape index (κ1) is 12.7. The van der Waals surface area contributed by atoms with Gasteiger partial charge in [-0.1, -0.05) is 11.3 Å². The summed E-state index contributed by atoms with van der Waals surface area (Å²) in [4.78, 5) is 21.1. The second-order valence-electron chi connectivity index (χ2n) is 4.32. The zero-order valence-corrected chi connectivity index (χ0v) is 11.7. The van der Waals surface area contributed by atoms with Gasteiger partial charge in [-0.2, -0.15) is 5.10 Å². The lowest BCUT2D eigenvalue weighted by molar-refractivity contribution is 0.0954. The van der Waals surface area contributed by atoms with Crippen molar-refractivity contribution in [2.24, 2.45) is 0 Å². The largest absolute Gasteiger partial charge is 0.352 e. The van der Waals surface area contributed by atoms with Crippen LogP contribution in [0.2, 0.25) is 0 Å². The van der Waals surface area contributed by atoms with Crippen molar-refractivity contribution in [2.45, 2.75) is 13.3 Å². The number of amides is 1. The average Bonchev–Trinajstić information content (AvgIpc) is 2.96. The van der Waals surface area contributed by atoms with E-state index in [1.54, 1.807) is 40.4 Å². The van der Waals surface area contributed by atoms with Crippen molar-refractivity contribution in [1.82, 2.24) is 24.9 Å². The van der Waals surface area contributed by atoms with Crippen LogP contribution in [0.15, 0.2) is 30.7 Å². The van der Waals surface area contributed by atoms with Gasteiger partial charge in [0.1, 0.15) is 5.01 Å². The van der Waals surface area contributed by atoms with Crippen LogP contribution < -0.4 is 5.32 Å². The number of imidazole rings is 1. The maximum Gasteiger partial charge on any atom is 0.251 e. The predicted molar refractivity (Wildman–Crippen MR) is 75.9 cm³/mol. The van der Waals surface area contributed by atoms with E-state index in [0.29, 0.717) is 18.5 Å². The van der Waals surface area contributed by atoms with Gasteiger partial charge in [-0.25, -0.2) is 9.50 Å². The molecular weight excluding hydrogens is 274 g/mol. The number of nitrogens with one attached hydrogen (secondary N) is 1. The molecule has 0 aromatic carbocycles. The molecule has 0 aliphatic carbocycles. The zero-order chi connectivity index (χ0) is 13.9. The summed E-state index contributed by atoms with van der Waals surface area (Å²) in [6.07, 6.45) is 5.79. The minimum absolute atomic E-state index is 0.0950. The zero-order valence-electron chi connectivity index (χ0n) is 10.9. The molecule has 0 spiro atoms. The number of pyridine rings is 1.